The Balaban J connectivity index is 1.78. The van der Waals surface area contributed by atoms with Gasteiger partial charge in [0, 0.05) is 25.0 Å². The van der Waals surface area contributed by atoms with Crippen molar-refractivity contribution in [2.75, 3.05) is 13.1 Å². The molecule has 1 saturated carbocycles. The van der Waals surface area contributed by atoms with Crippen molar-refractivity contribution in [3.8, 4) is 0 Å². The predicted molar refractivity (Wildman–Crippen MR) is 67.8 cm³/mol. The first-order valence-electron chi connectivity index (χ1n) is 7.36. The molecule has 4 atom stereocenters. The highest BCUT2D eigenvalue weighted by Crippen LogP contribution is 2.48. The average molecular weight is 262 g/mol. The number of hydrogen-bond donors (Lipinski definition) is 0. The van der Waals surface area contributed by atoms with Crippen LogP contribution in [0.4, 0.5) is 0 Å². The molecule has 1 aliphatic heterocycles. The summed E-state index contributed by atoms with van der Waals surface area (Å²) in [6.07, 6.45) is 9.22. The highest BCUT2D eigenvalue weighted by atomic mass is 16.4. The topological polar surface area (TPSA) is 60.4 Å². The largest absolute Gasteiger partial charge is 0.550 e. The number of carboxylic acids is 1. The number of amides is 1. The van der Waals surface area contributed by atoms with E-state index in [-0.39, 0.29) is 23.7 Å². The van der Waals surface area contributed by atoms with Crippen molar-refractivity contribution in [3.63, 3.8) is 0 Å². The Morgan fingerprint density at radius 2 is 1.53 bits per heavy atom. The maximum Gasteiger partial charge on any atom is 0.226 e. The summed E-state index contributed by atoms with van der Waals surface area (Å²) < 4.78 is 0. The van der Waals surface area contributed by atoms with Crippen LogP contribution in [0.5, 0.6) is 0 Å². The van der Waals surface area contributed by atoms with Gasteiger partial charge in [-0.2, -0.15) is 0 Å². The van der Waals surface area contributed by atoms with Crippen LogP contribution in [0.3, 0.4) is 0 Å². The van der Waals surface area contributed by atoms with Gasteiger partial charge in [-0.1, -0.05) is 25.0 Å². The highest BCUT2D eigenvalue weighted by molar-refractivity contribution is 5.86. The van der Waals surface area contributed by atoms with Gasteiger partial charge in [-0.25, -0.2) is 0 Å². The number of fused-ring (bicyclic) bond motifs is 2. The quantitative estimate of drug-likeness (QED) is 0.684. The van der Waals surface area contributed by atoms with Crippen LogP contribution in [0.2, 0.25) is 0 Å². The molecule has 0 unspecified atom stereocenters. The van der Waals surface area contributed by atoms with E-state index in [9.17, 15) is 14.7 Å². The summed E-state index contributed by atoms with van der Waals surface area (Å²) >= 11 is 0. The summed E-state index contributed by atoms with van der Waals surface area (Å²) in [6, 6.07) is 0. The number of nitrogens with zero attached hydrogens (tertiary/aromatic N) is 1. The summed E-state index contributed by atoms with van der Waals surface area (Å²) in [5.74, 6) is -1.86. The normalized spacial score (nSPS) is 37.4. The third-order valence-electron chi connectivity index (χ3n) is 4.93. The van der Waals surface area contributed by atoms with Gasteiger partial charge >= 0.3 is 0 Å². The lowest BCUT2D eigenvalue weighted by Gasteiger charge is -2.32. The fraction of sp³-hybridized carbons (Fsp3) is 0.733. The lowest BCUT2D eigenvalue weighted by Crippen LogP contribution is -2.46. The maximum absolute atomic E-state index is 12.7. The number of rotatable bonds is 2. The Labute approximate surface area is 113 Å². The molecular weight excluding hydrogens is 242 g/mol. The summed E-state index contributed by atoms with van der Waals surface area (Å²) in [4.78, 5) is 25.9. The monoisotopic (exact) mass is 262 g/mol. The van der Waals surface area contributed by atoms with E-state index in [2.05, 4.69) is 0 Å². The fourth-order valence-corrected chi connectivity index (χ4v) is 3.98. The fourth-order valence-electron chi connectivity index (χ4n) is 3.98. The number of carboxylic acid groups (broad SMARTS) is 1. The minimum absolute atomic E-state index is 0.0101. The first-order chi connectivity index (χ1) is 9.18. The number of hydrogen-bond acceptors (Lipinski definition) is 3. The van der Waals surface area contributed by atoms with E-state index in [1.54, 1.807) is 0 Å². The average Bonchev–Trinajstić information content (AvgIpc) is 2.89. The zero-order chi connectivity index (χ0) is 13.4. The van der Waals surface area contributed by atoms with Crippen molar-refractivity contribution >= 4 is 11.9 Å². The van der Waals surface area contributed by atoms with Crippen LogP contribution in [0, 0.1) is 23.7 Å². The Bertz CT molecular complexity index is 410. The molecule has 3 aliphatic rings. The molecule has 0 aromatic heterocycles. The molecule has 0 radical (unpaired) electrons. The van der Waals surface area contributed by atoms with Crippen LogP contribution in [0.1, 0.15) is 32.1 Å². The van der Waals surface area contributed by atoms with Gasteiger partial charge in [-0.05, 0) is 31.1 Å². The smallest absolute Gasteiger partial charge is 0.226 e. The van der Waals surface area contributed by atoms with Gasteiger partial charge in [0.25, 0.3) is 0 Å². The van der Waals surface area contributed by atoms with Gasteiger partial charge in [0.2, 0.25) is 5.91 Å². The zero-order valence-corrected chi connectivity index (χ0v) is 11.1. The predicted octanol–water partition coefficient (Wildman–Crippen LogP) is 0.577. The molecule has 0 spiro atoms. The lowest BCUT2D eigenvalue weighted by molar-refractivity contribution is -0.313. The van der Waals surface area contributed by atoms with E-state index in [0.717, 1.165) is 32.4 Å². The molecule has 1 amide bonds. The van der Waals surface area contributed by atoms with Crippen molar-refractivity contribution < 1.29 is 14.7 Å². The van der Waals surface area contributed by atoms with Crippen LogP contribution < -0.4 is 5.11 Å². The molecule has 1 saturated heterocycles. The Morgan fingerprint density at radius 1 is 0.947 bits per heavy atom. The molecule has 0 aromatic carbocycles. The van der Waals surface area contributed by atoms with Crippen LogP contribution in [-0.2, 0) is 9.59 Å². The number of aliphatic carboxylic acids is 1. The van der Waals surface area contributed by atoms with Crippen molar-refractivity contribution in [2.45, 2.75) is 32.1 Å². The van der Waals surface area contributed by atoms with E-state index in [4.69, 9.17) is 0 Å². The van der Waals surface area contributed by atoms with E-state index in [0.29, 0.717) is 0 Å². The SMILES string of the molecule is O=C([O-])[C@@H]1[C@H](C(=O)N2CCCCCC2)[C@@H]2C=C[C@H]1C2. The van der Waals surface area contributed by atoms with Crippen molar-refractivity contribution in [1.82, 2.24) is 4.90 Å². The molecular formula is C15H20NO3-. The van der Waals surface area contributed by atoms with Gasteiger partial charge < -0.3 is 14.8 Å². The molecule has 19 heavy (non-hydrogen) atoms. The third-order valence-corrected chi connectivity index (χ3v) is 4.93. The van der Waals surface area contributed by atoms with E-state index >= 15 is 0 Å². The standard InChI is InChI=1S/C15H21NO3/c17-14(16-7-3-1-2-4-8-16)12-10-5-6-11(9-10)13(12)15(18)19/h5-6,10-13H,1-4,7-9H2,(H,18,19)/p-1/t10-,11+,12-,13+/m1/s1. The first-order valence-corrected chi connectivity index (χ1v) is 7.36. The lowest BCUT2D eigenvalue weighted by atomic mass is 9.82. The number of carbonyl (C=O) groups excluding carboxylic acids is 2. The summed E-state index contributed by atoms with van der Waals surface area (Å²) in [5.41, 5.74) is 0. The minimum Gasteiger partial charge on any atom is -0.550 e. The van der Waals surface area contributed by atoms with Gasteiger partial charge in [0.05, 0.1) is 5.92 Å². The van der Waals surface area contributed by atoms with Crippen molar-refractivity contribution in [2.24, 2.45) is 23.7 Å². The van der Waals surface area contributed by atoms with Gasteiger partial charge in [0.15, 0.2) is 0 Å². The zero-order valence-electron chi connectivity index (χ0n) is 11.1. The second-order valence-corrected chi connectivity index (χ2v) is 6.06. The number of carbonyl (C=O) groups is 2. The molecule has 2 aliphatic carbocycles. The Morgan fingerprint density at radius 3 is 2.11 bits per heavy atom. The van der Waals surface area contributed by atoms with Gasteiger partial charge in [0.1, 0.15) is 0 Å². The Hall–Kier alpha value is -1.32. The van der Waals surface area contributed by atoms with E-state index < -0.39 is 11.9 Å². The van der Waals surface area contributed by atoms with Crippen LogP contribution in [-0.4, -0.2) is 29.9 Å². The Kier molecular flexibility index (Phi) is 3.33. The van der Waals surface area contributed by atoms with Crippen LogP contribution >= 0.6 is 0 Å². The molecule has 4 heteroatoms. The maximum atomic E-state index is 12.7. The minimum atomic E-state index is -1.05. The van der Waals surface area contributed by atoms with E-state index in [1.807, 2.05) is 17.1 Å². The van der Waals surface area contributed by atoms with Crippen molar-refractivity contribution in [3.05, 3.63) is 12.2 Å². The second kappa shape index (κ2) is 4.99. The summed E-state index contributed by atoms with van der Waals surface area (Å²) in [6.45, 7) is 1.58. The second-order valence-electron chi connectivity index (χ2n) is 6.06. The van der Waals surface area contributed by atoms with E-state index in [1.165, 1.54) is 12.8 Å². The van der Waals surface area contributed by atoms with Gasteiger partial charge in [-0.15, -0.1) is 0 Å². The highest BCUT2D eigenvalue weighted by Gasteiger charge is 2.49. The number of likely N-dealkylation sites (tertiary alicyclic amines) is 1. The molecule has 3 rings (SSSR count). The van der Waals surface area contributed by atoms with Crippen molar-refractivity contribution in [1.29, 1.82) is 0 Å². The molecule has 0 N–H and O–H groups in total. The molecule has 2 bridgehead atoms. The van der Waals surface area contributed by atoms with Crippen LogP contribution in [0.15, 0.2) is 12.2 Å². The first kappa shape index (κ1) is 12.7. The molecule has 4 nitrogen and oxygen atoms in total. The van der Waals surface area contributed by atoms with Gasteiger partial charge in [-0.3, -0.25) is 4.79 Å². The number of allylic oxidation sites excluding steroid dienone is 2. The molecule has 0 aromatic rings. The molecule has 2 fully saturated rings. The molecule has 104 valence electrons. The summed E-state index contributed by atoms with van der Waals surface area (Å²) in [5, 5.41) is 11.3. The molecule has 1 heterocycles. The van der Waals surface area contributed by atoms with Crippen LogP contribution in [0.25, 0.3) is 0 Å². The third kappa shape index (κ3) is 2.17. The summed E-state index contributed by atoms with van der Waals surface area (Å²) in [7, 11) is 0.